The van der Waals surface area contributed by atoms with Crippen LogP contribution in [0.2, 0.25) is 0 Å². The second-order valence-corrected chi connectivity index (χ2v) is 4.94. The van der Waals surface area contributed by atoms with Crippen LogP contribution in [0.5, 0.6) is 11.5 Å². The third kappa shape index (κ3) is 4.32. The zero-order chi connectivity index (χ0) is 16.7. The van der Waals surface area contributed by atoms with Crippen molar-refractivity contribution in [3.63, 3.8) is 0 Å². The Morgan fingerprint density at radius 3 is 2.39 bits per heavy atom. The van der Waals surface area contributed by atoms with E-state index in [1.165, 1.54) is 0 Å². The number of hydrogen-bond donors (Lipinski definition) is 2. The predicted octanol–water partition coefficient (Wildman–Crippen LogP) is 2.43. The van der Waals surface area contributed by atoms with Crippen LogP contribution in [0, 0.1) is 5.41 Å². The minimum atomic E-state index is -0.378. The molecule has 2 N–H and O–H groups in total. The van der Waals surface area contributed by atoms with Gasteiger partial charge in [0.05, 0.1) is 14.2 Å². The molecule has 2 rings (SSSR count). The molecule has 0 aliphatic rings. The molecular weight excluding hydrogens is 292 g/mol. The minimum absolute atomic E-state index is 0.0297. The van der Waals surface area contributed by atoms with E-state index in [4.69, 9.17) is 14.9 Å². The fourth-order valence-corrected chi connectivity index (χ4v) is 2.18. The van der Waals surface area contributed by atoms with Crippen molar-refractivity contribution in [1.29, 1.82) is 5.41 Å². The second kappa shape index (κ2) is 7.98. The normalized spacial score (nSPS) is 10.0. The molecule has 2 aromatic carbocycles. The molecule has 0 aliphatic heterocycles. The van der Waals surface area contributed by atoms with E-state index in [2.05, 4.69) is 5.32 Å². The summed E-state index contributed by atoms with van der Waals surface area (Å²) in [6.45, 7) is 0.448. The van der Waals surface area contributed by atoms with Gasteiger partial charge in [0.2, 0.25) is 0 Å². The summed E-state index contributed by atoms with van der Waals surface area (Å²) in [7, 11) is 3.18. The Kier molecular flexibility index (Phi) is 5.74. The van der Waals surface area contributed by atoms with Crippen molar-refractivity contribution in [1.82, 2.24) is 5.32 Å². The Morgan fingerprint density at radius 1 is 1.04 bits per heavy atom. The fourth-order valence-electron chi connectivity index (χ4n) is 2.18. The van der Waals surface area contributed by atoms with Crippen LogP contribution in [0.3, 0.4) is 0 Å². The van der Waals surface area contributed by atoms with Gasteiger partial charge in [-0.05, 0) is 24.1 Å². The van der Waals surface area contributed by atoms with Crippen LogP contribution in [0.4, 0.5) is 0 Å². The van der Waals surface area contributed by atoms with E-state index in [0.717, 1.165) is 5.56 Å². The maximum atomic E-state index is 12.0. The van der Waals surface area contributed by atoms with Gasteiger partial charge in [0.15, 0.2) is 11.5 Å². The van der Waals surface area contributed by atoms with Gasteiger partial charge < -0.3 is 14.8 Å². The number of carbonyl (C=O) groups is 1. The number of rotatable bonds is 7. The third-order valence-electron chi connectivity index (χ3n) is 3.44. The summed E-state index contributed by atoms with van der Waals surface area (Å²) in [5.74, 6) is 0.955. The van der Waals surface area contributed by atoms with Gasteiger partial charge in [-0.3, -0.25) is 10.2 Å². The van der Waals surface area contributed by atoms with E-state index in [1.54, 1.807) is 38.5 Å². The molecule has 120 valence electrons. The van der Waals surface area contributed by atoms with Gasteiger partial charge in [-0.15, -0.1) is 0 Å². The molecule has 0 saturated carbocycles. The number of amides is 1. The highest BCUT2D eigenvalue weighted by Crippen LogP contribution is 2.27. The quantitative estimate of drug-likeness (QED) is 0.771. The number of carbonyl (C=O) groups excluding carboxylic acids is 1. The first-order valence-electron chi connectivity index (χ1n) is 7.28. The summed E-state index contributed by atoms with van der Waals surface area (Å²) in [4.78, 5) is 12.0. The van der Waals surface area contributed by atoms with Crippen LogP contribution >= 0.6 is 0 Å². The van der Waals surface area contributed by atoms with Gasteiger partial charge in [-0.1, -0.05) is 36.4 Å². The molecule has 0 saturated heterocycles. The molecular formula is C18H20N2O3. The summed E-state index contributed by atoms with van der Waals surface area (Å²) < 4.78 is 10.4. The molecule has 0 bridgehead atoms. The molecule has 0 atom stereocenters. The van der Waals surface area contributed by atoms with E-state index in [-0.39, 0.29) is 11.6 Å². The van der Waals surface area contributed by atoms with Crippen LogP contribution < -0.4 is 14.8 Å². The van der Waals surface area contributed by atoms with Crippen LogP contribution in [-0.2, 0) is 11.2 Å². The number of methoxy groups -OCH3 is 2. The molecule has 0 aromatic heterocycles. The lowest BCUT2D eigenvalue weighted by Gasteiger charge is -2.10. The van der Waals surface area contributed by atoms with E-state index < -0.39 is 0 Å². The van der Waals surface area contributed by atoms with Gasteiger partial charge >= 0.3 is 0 Å². The van der Waals surface area contributed by atoms with Crippen molar-refractivity contribution in [3.8, 4) is 11.5 Å². The van der Waals surface area contributed by atoms with Gasteiger partial charge in [0, 0.05) is 12.1 Å². The Morgan fingerprint density at radius 2 is 1.74 bits per heavy atom. The summed E-state index contributed by atoms with van der Waals surface area (Å²) in [6, 6.07) is 14.6. The van der Waals surface area contributed by atoms with Crippen molar-refractivity contribution < 1.29 is 14.3 Å². The van der Waals surface area contributed by atoms with Gasteiger partial charge in [0.25, 0.3) is 5.91 Å². The lowest BCUT2D eigenvalue weighted by atomic mass is 10.1. The zero-order valence-electron chi connectivity index (χ0n) is 13.3. The highest BCUT2D eigenvalue weighted by molar-refractivity contribution is 6.44. The number of hydrogen-bond acceptors (Lipinski definition) is 4. The van der Waals surface area contributed by atoms with E-state index in [0.29, 0.717) is 30.0 Å². The molecule has 0 aliphatic carbocycles. The Labute approximate surface area is 135 Å². The molecule has 0 unspecified atom stereocenters. The van der Waals surface area contributed by atoms with Crippen molar-refractivity contribution in [2.75, 3.05) is 20.8 Å². The van der Waals surface area contributed by atoms with Crippen LogP contribution in [0.1, 0.15) is 11.1 Å². The van der Waals surface area contributed by atoms with Crippen molar-refractivity contribution in [2.24, 2.45) is 0 Å². The largest absolute Gasteiger partial charge is 0.493 e. The molecule has 0 spiro atoms. The standard InChI is InChI=1S/C18H20N2O3/c1-22-15-9-8-13(12-16(15)23-2)10-11-20-18(21)17(19)14-6-4-3-5-7-14/h3-9,12,19H,10-11H2,1-2H3,(H,20,21). The number of nitrogens with one attached hydrogen (secondary N) is 2. The lowest BCUT2D eigenvalue weighted by molar-refractivity contribution is -0.114. The first kappa shape index (κ1) is 16.5. The maximum Gasteiger partial charge on any atom is 0.269 e. The highest BCUT2D eigenvalue weighted by Gasteiger charge is 2.11. The third-order valence-corrected chi connectivity index (χ3v) is 3.44. The smallest absolute Gasteiger partial charge is 0.269 e. The average Bonchev–Trinajstić information content (AvgIpc) is 2.61. The van der Waals surface area contributed by atoms with Crippen LogP contribution in [-0.4, -0.2) is 32.4 Å². The molecule has 0 radical (unpaired) electrons. The summed E-state index contributed by atoms with van der Waals surface area (Å²) in [6.07, 6.45) is 0.647. The first-order valence-corrected chi connectivity index (χ1v) is 7.28. The molecule has 5 heteroatoms. The molecule has 0 heterocycles. The minimum Gasteiger partial charge on any atom is -0.493 e. The fraction of sp³-hybridized carbons (Fsp3) is 0.222. The monoisotopic (exact) mass is 312 g/mol. The highest BCUT2D eigenvalue weighted by atomic mass is 16.5. The summed E-state index contributed by atoms with van der Waals surface area (Å²) >= 11 is 0. The average molecular weight is 312 g/mol. The van der Waals surface area contributed by atoms with Crippen molar-refractivity contribution in [3.05, 3.63) is 59.7 Å². The Hall–Kier alpha value is -2.82. The maximum absolute atomic E-state index is 12.0. The number of ether oxygens (including phenoxy) is 2. The molecule has 2 aromatic rings. The van der Waals surface area contributed by atoms with Gasteiger partial charge in [-0.25, -0.2) is 0 Å². The van der Waals surface area contributed by atoms with Crippen molar-refractivity contribution >= 4 is 11.6 Å². The second-order valence-electron chi connectivity index (χ2n) is 4.94. The number of benzene rings is 2. The first-order chi connectivity index (χ1) is 11.2. The molecule has 23 heavy (non-hydrogen) atoms. The van der Waals surface area contributed by atoms with Gasteiger partial charge in [0.1, 0.15) is 5.71 Å². The zero-order valence-corrected chi connectivity index (χ0v) is 13.3. The topological polar surface area (TPSA) is 71.4 Å². The summed E-state index contributed by atoms with van der Waals surface area (Å²) in [5, 5.41) is 10.6. The predicted molar refractivity (Wildman–Crippen MR) is 89.5 cm³/mol. The summed E-state index contributed by atoms with van der Waals surface area (Å²) in [5.41, 5.74) is 1.60. The molecule has 1 amide bonds. The van der Waals surface area contributed by atoms with E-state index in [1.807, 2.05) is 24.3 Å². The molecule has 5 nitrogen and oxygen atoms in total. The SMILES string of the molecule is COc1ccc(CCNC(=O)C(=N)c2ccccc2)cc1OC. The Bertz CT molecular complexity index is 684. The van der Waals surface area contributed by atoms with Gasteiger partial charge in [-0.2, -0.15) is 0 Å². The lowest BCUT2D eigenvalue weighted by Crippen LogP contribution is -2.32. The van der Waals surface area contributed by atoms with Crippen LogP contribution in [0.25, 0.3) is 0 Å². The van der Waals surface area contributed by atoms with E-state index >= 15 is 0 Å². The van der Waals surface area contributed by atoms with Crippen molar-refractivity contribution in [2.45, 2.75) is 6.42 Å². The van der Waals surface area contributed by atoms with E-state index in [9.17, 15) is 4.79 Å². The van der Waals surface area contributed by atoms with Crippen LogP contribution in [0.15, 0.2) is 48.5 Å². The Balaban J connectivity index is 1.90. The molecule has 0 fully saturated rings.